The zero-order valence-corrected chi connectivity index (χ0v) is 16.2. The fourth-order valence-electron chi connectivity index (χ4n) is 4.36. The first kappa shape index (κ1) is 18.4. The van der Waals surface area contributed by atoms with E-state index in [9.17, 15) is 4.79 Å². The number of ether oxygens (including phenoxy) is 1. The van der Waals surface area contributed by atoms with Crippen LogP contribution in [0.15, 0.2) is 12.1 Å². The SMILES string of the molecule is Cn1nc(C(=O)CC2CCNCC2)c2ccc(OC3CCCCCC3)nc21. The minimum atomic E-state index is 0.131. The highest BCUT2D eigenvalue weighted by molar-refractivity contribution is 6.05. The average molecular weight is 370 g/mol. The molecule has 2 aromatic heterocycles. The van der Waals surface area contributed by atoms with Gasteiger partial charge < -0.3 is 10.1 Å². The number of fused-ring (bicyclic) bond motifs is 1. The Bertz CT molecular complexity index is 787. The van der Waals surface area contributed by atoms with E-state index in [0.29, 0.717) is 23.9 Å². The summed E-state index contributed by atoms with van der Waals surface area (Å²) in [5.41, 5.74) is 1.29. The molecule has 0 aromatic carbocycles. The molecule has 0 atom stereocenters. The number of pyridine rings is 1. The van der Waals surface area contributed by atoms with Crippen LogP contribution in [0.25, 0.3) is 11.0 Å². The predicted molar refractivity (Wildman–Crippen MR) is 105 cm³/mol. The molecule has 2 fully saturated rings. The second-order valence-electron chi connectivity index (χ2n) is 8.04. The topological polar surface area (TPSA) is 69.0 Å². The van der Waals surface area contributed by atoms with Gasteiger partial charge in [0.25, 0.3) is 0 Å². The average Bonchev–Trinajstić information content (AvgIpc) is 2.84. The second-order valence-corrected chi connectivity index (χ2v) is 8.04. The lowest BCUT2D eigenvalue weighted by Gasteiger charge is -2.21. The summed E-state index contributed by atoms with van der Waals surface area (Å²) >= 11 is 0. The fraction of sp³-hybridized carbons (Fsp3) is 0.667. The van der Waals surface area contributed by atoms with Crippen LogP contribution in [0, 0.1) is 5.92 Å². The van der Waals surface area contributed by atoms with Gasteiger partial charge >= 0.3 is 0 Å². The summed E-state index contributed by atoms with van der Waals surface area (Å²) in [4.78, 5) is 17.5. The molecule has 0 spiro atoms. The molecule has 6 nitrogen and oxygen atoms in total. The van der Waals surface area contributed by atoms with E-state index in [1.165, 1.54) is 25.7 Å². The van der Waals surface area contributed by atoms with Crippen molar-refractivity contribution in [2.75, 3.05) is 13.1 Å². The summed E-state index contributed by atoms with van der Waals surface area (Å²) in [5.74, 6) is 1.24. The molecule has 3 heterocycles. The van der Waals surface area contributed by atoms with Crippen LogP contribution in [0.1, 0.15) is 68.3 Å². The van der Waals surface area contributed by atoms with E-state index in [-0.39, 0.29) is 11.9 Å². The summed E-state index contributed by atoms with van der Waals surface area (Å²) in [6.45, 7) is 2.01. The molecule has 1 aliphatic heterocycles. The number of Topliss-reactive ketones (excluding diaryl/α,β-unsaturated/α-hetero) is 1. The standard InChI is InChI=1S/C21H30N4O2/c1-25-21-17(20(24-25)18(26)14-15-10-12-22-13-11-15)8-9-19(23-21)27-16-6-4-2-3-5-7-16/h8-9,15-16,22H,2-7,10-14H2,1H3. The molecule has 2 aliphatic rings. The number of hydrogen-bond acceptors (Lipinski definition) is 5. The van der Waals surface area contributed by atoms with Gasteiger partial charge in [0.05, 0.1) is 5.39 Å². The highest BCUT2D eigenvalue weighted by Gasteiger charge is 2.23. The first-order valence-electron chi connectivity index (χ1n) is 10.4. The third-order valence-electron chi connectivity index (χ3n) is 5.95. The van der Waals surface area contributed by atoms with Crippen LogP contribution >= 0.6 is 0 Å². The Hall–Kier alpha value is -1.95. The van der Waals surface area contributed by atoms with E-state index >= 15 is 0 Å². The highest BCUT2D eigenvalue weighted by Crippen LogP contribution is 2.26. The molecular formula is C21H30N4O2. The van der Waals surface area contributed by atoms with Crippen LogP contribution in [0.5, 0.6) is 5.88 Å². The maximum atomic E-state index is 12.8. The minimum Gasteiger partial charge on any atom is -0.474 e. The number of aromatic nitrogens is 3. The summed E-state index contributed by atoms with van der Waals surface area (Å²) < 4.78 is 7.86. The molecular weight excluding hydrogens is 340 g/mol. The zero-order chi connectivity index (χ0) is 18.6. The summed E-state index contributed by atoms with van der Waals surface area (Å²) in [6.07, 6.45) is 10.2. The molecule has 2 aromatic rings. The van der Waals surface area contributed by atoms with Crippen LogP contribution in [0.3, 0.4) is 0 Å². The van der Waals surface area contributed by atoms with Gasteiger partial charge in [-0.1, -0.05) is 12.8 Å². The smallest absolute Gasteiger partial charge is 0.215 e. The van der Waals surface area contributed by atoms with Crippen molar-refractivity contribution in [2.24, 2.45) is 13.0 Å². The van der Waals surface area contributed by atoms with Gasteiger partial charge in [0.15, 0.2) is 11.4 Å². The molecule has 27 heavy (non-hydrogen) atoms. The van der Waals surface area contributed by atoms with Gasteiger partial charge in [0.1, 0.15) is 11.8 Å². The number of nitrogens with one attached hydrogen (secondary N) is 1. The van der Waals surface area contributed by atoms with Gasteiger partial charge in [-0.05, 0) is 63.6 Å². The van der Waals surface area contributed by atoms with Crippen molar-refractivity contribution in [3.63, 3.8) is 0 Å². The number of hydrogen-bond donors (Lipinski definition) is 1. The van der Waals surface area contributed by atoms with E-state index in [2.05, 4.69) is 15.4 Å². The number of carbonyl (C=O) groups is 1. The lowest BCUT2D eigenvalue weighted by molar-refractivity contribution is 0.0948. The Kier molecular flexibility index (Phi) is 5.72. The van der Waals surface area contributed by atoms with Crippen LogP contribution < -0.4 is 10.1 Å². The van der Waals surface area contributed by atoms with E-state index in [1.807, 2.05) is 19.2 Å². The number of rotatable bonds is 5. The van der Waals surface area contributed by atoms with Crippen molar-refractivity contribution < 1.29 is 9.53 Å². The van der Waals surface area contributed by atoms with Gasteiger partial charge in [-0.15, -0.1) is 0 Å². The normalized spacial score (nSPS) is 19.9. The quantitative estimate of drug-likeness (QED) is 0.643. The molecule has 6 heteroatoms. The predicted octanol–water partition coefficient (Wildman–Crippen LogP) is 3.64. The Labute approximate surface area is 160 Å². The van der Waals surface area contributed by atoms with E-state index < -0.39 is 0 Å². The fourth-order valence-corrected chi connectivity index (χ4v) is 4.36. The molecule has 1 N–H and O–H groups in total. The van der Waals surface area contributed by atoms with Crippen LogP contribution in [-0.2, 0) is 7.05 Å². The number of ketones is 1. The molecule has 0 unspecified atom stereocenters. The van der Waals surface area contributed by atoms with E-state index in [4.69, 9.17) is 4.74 Å². The van der Waals surface area contributed by atoms with Crippen molar-refractivity contribution in [1.29, 1.82) is 0 Å². The number of piperidine rings is 1. The van der Waals surface area contributed by atoms with Crippen molar-refractivity contribution >= 4 is 16.8 Å². The van der Waals surface area contributed by atoms with Crippen molar-refractivity contribution in [3.8, 4) is 5.88 Å². The van der Waals surface area contributed by atoms with Gasteiger partial charge in [0, 0.05) is 19.5 Å². The van der Waals surface area contributed by atoms with Crippen LogP contribution in [-0.4, -0.2) is 39.7 Å². The van der Waals surface area contributed by atoms with Gasteiger partial charge in [-0.2, -0.15) is 10.1 Å². The monoisotopic (exact) mass is 370 g/mol. The second kappa shape index (κ2) is 8.38. The maximum Gasteiger partial charge on any atom is 0.215 e. The van der Waals surface area contributed by atoms with E-state index in [1.54, 1.807) is 4.68 Å². The molecule has 1 saturated carbocycles. The summed E-state index contributed by atoms with van der Waals surface area (Å²) in [5, 5.41) is 8.68. The Balaban J connectivity index is 1.50. The molecule has 0 radical (unpaired) electrons. The number of carbonyl (C=O) groups excluding carboxylic acids is 1. The Morgan fingerprint density at radius 3 is 2.63 bits per heavy atom. The summed E-state index contributed by atoms with van der Waals surface area (Å²) in [6, 6.07) is 3.85. The van der Waals surface area contributed by atoms with Crippen molar-refractivity contribution in [1.82, 2.24) is 20.1 Å². The first-order chi connectivity index (χ1) is 13.2. The molecule has 0 amide bonds. The first-order valence-corrected chi connectivity index (χ1v) is 10.4. The molecule has 0 bridgehead atoms. The number of nitrogens with zero attached hydrogens (tertiary/aromatic N) is 3. The van der Waals surface area contributed by atoms with Crippen molar-refractivity contribution in [2.45, 2.75) is 63.9 Å². The third kappa shape index (κ3) is 4.32. The molecule has 4 rings (SSSR count). The highest BCUT2D eigenvalue weighted by atomic mass is 16.5. The van der Waals surface area contributed by atoms with E-state index in [0.717, 1.165) is 49.8 Å². The largest absolute Gasteiger partial charge is 0.474 e. The lowest BCUT2D eigenvalue weighted by atomic mass is 9.91. The Morgan fingerprint density at radius 2 is 1.89 bits per heavy atom. The lowest BCUT2D eigenvalue weighted by Crippen LogP contribution is -2.29. The molecule has 1 saturated heterocycles. The molecule has 146 valence electrons. The van der Waals surface area contributed by atoms with Gasteiger partial charge in [-0.25, -0.2) is 4.68 Å². The van der Waals surface area contributed by atoms with Gasteiger partial charge in [0.2, 0.25) is 5.88 Å². The Morgan fingerprint density at radius 1 is 1.15 bits per heavy atom. The zero-order valence-electron chi connectivity index (χ0n) is 16.2. The van der Waals surface area contributed by atoms with Crippen LogP contribution in [0.2, 0.25) is 0 Å². The third-order valence-corrected chi connectivity index (χ3v) is 5.95. The maximum absolute atomic E-state index is 12.8. The number of aryl methyl sites for hydroxylation is 1. The van der Waals surface area contributed by atoms with Crippen LogP contribution in [0.4, 0.5) is 0 Å². The minimum absolute atomic E-state index is 0.131. The van der Waals surface area contributed by atoms with Crippen molar-refractivity contribution in [3.05, 3.63) is 17.8 Å². The summed E-state index contributed by atoms with van der Waals surface area (Å²) in [7, 11) is 1.85. The molecule has 1 aliphatic carbocycles. The van der Waals surface area contributed by atoms with Gasteiger partial charge in [-0.3, -0.25) is 4.79 Å².